The van der Waals surface area contributed by atoms with Gasteiger partial charge < -0.3 is 4.74 Å². The van der Waals surface area contributed by atoms with Gasteiger partial charge in [0.1, 0.15) is 11.6 Å². The number of benzene rings is 1. The SMILES string of the molecule is C=C(/N=C(/SC)N(C)OC)N(C(=O)CC)c1ccc(OC(F)F)cc1. The summed E-state index contributed by atoms with van der Waals surface area (Å²) >= 11 is 1.32. The van der Waals surface area contributed by atoms with Gasteiger partial charge in [0.2, 0.25) is 5.91 Å². The number of hydroxylamine groups is 2. The maximum atomic E-state index is 12.3. The van der Waals surface area contributed by atoms with Crippen molar-refractivity contribution in [2.75, 3.05) is 25.3 Å². The Hall–Kier alpha value is -2.13. The highest BCUT2D eigenvalue weighted by atomic mass is 32.2. The zero-order chi connectivity index (χ0) is 19.0. The van der Waals surface area contributed by atoms with Crippen molar-refractivity contribution in [1.29, 1.82) is 0 Å². The number of hydrogen-bond acceptors (Lipinski definition) is 5. The smallest absolute Gasteiger partial charge is 0.387 e. The molecule has 25 heavy (non-hydrogen) atoms. The fourth-order valence-electron chi connectivity index (χ4n) is 1.85. The number of ether oxygens (including phenoxy) is 1. The van der Waals surface area contributed by atoms with Crippen LogP contribution < -0.4 is 9.64 Å². The van der Waals surface area contributed by atoms with E-state index in [0.717, 1.165) is 0 Å². The second-order valence-corrected chi connectivity index (χ2v) is 5.42. The van der Waals surface area contributed by atoms with Gasteiger partial charge in [0.15, 0.2) is 5.17 Å². The van der Waals surface area contributed by atoms with Gasteiger partial charge in [0.25, 0.3) is 0 Å². The van der Waals surface area contributed by atoms with Crippen molar-refractivity contribution in [3.8, 4) is 5.75 Å². The van der Waals surface area contributed by atoms with Gasteiger partial charge in [0, 0.05) is 13.5 Å². The molecule has 1 aromatic rings. The molecule has 0 atom stereocenters. The van der Waals surface area contributed by atoms with Gasteiger partial charge in [-0.25, -0.2) is 10.1 Å². The zero-order valence-corrected chi connectivity index (χ0v) is 15.3. The molecule has 0 saturated heterocycles. The van der Waals surface area contributed by atoms with Crippen molar-refractivity contribution in [1.82, 2.24) is 5.06 Å². The number of rotatable bonds is 7. The lowest BCUT2D eigenvalue weighted by Gasteiger charge is -2.24. The number of amidine groups is 1. The van der Waals surface area contributed by atoms with E-state index >= 15 is 0 Å². The van der Waals surface area contributed by atoms with Crippen LogP contribution in [0.4, 0.5) is 14.5 Å². The molecule has 0 fully saturated rings. The van der Waals surface area contributed by atoms with Crippen molar-refractivity contribution in [3.05, 3.63) is 36.7 Å². The quantitative estimate of drug-likeness (QED) is 0.414. The van der Waals surface area contributed by atoms with Crippen LogP contribution in [0.1, 0.15) is 13.3 Å². The van der Waals surface area contributed by atoms with Gasteiger partial charge >= 0.3 is 6.61 Å². The molecule has 0 N–H and O–H groups in total. The van der Waals surface area contributed by atoms with E-state index in [1.165, 1.54) is 53.1 Å². The second kappa shape index (κ2) is 10.00. The lowest BCUT2D eigenvalue weighted by Crippen LogP contribution is -2.30. The first-order chi connectivity index (χ1) is 11.8. The lowest BCUT2D eigenvalue weighted by atomic mass is 10.2. The summed E-state index contributed by atoms with van der Waals surface area (Å²) in [6, 6.07) is 5.69. The molecule has 0 aliphatic heterocycles. The van der Waals surface area contributed by atoms with E-state index in [4.69, 9.17) is 4.84 Å². The van der Waals surface area contributed by atoms with Gasteiger partial charge in [-0.1, -0.05) is 25.3 Å². The maximum absolute atomic E-state index is 12.3. The number of hydrogen-bond donors (Lipinski definition) is 0. The summed E-state index contributed by atoms with van der Waals surface area (Å²) in [5.41, 5.74) is 0.447. The molecule has 1 amide bonds. The van der Waals surface area contributed by atoms with Gasteiger partial charge in [-0.05, 0) is 30.5 Å². The Bertz CT molecular complexity index is 624. The van der Waals surface area contributed by atoms with E-state index in [-0.39, 0.29) is 23.9 Å². The molecule has 0 unspecified atom stereocenters. The molecule has 0 bridgehead atoms. The molecule has 0 aromatic heterocycles. The number of carbonyl (C=O) groups is 1. The van der Waals surface area contributed by atoms with Gasteiger partial charge in [-0.3, -0.25) is 14.5 Å². The highest BCUT2D eigenvalue weighted by Gasteiger charge is 2.19. The number of halogens is 2. The van der Waals surface area contributed by atoms with Crippen LogP contribution >= 0.6 is 11.8 Å². The van der Waals surface area contributed by atoms with Crippen LogP contribution in [-0.2, 0) is 9.63 Å². The van der Waals surface area contributed by atoms with Crippen LogP contribution in [0.5, 0.6) is 5.75 Å². The summed E-state index contributed by atoms with van der Waals surface area (Å²) in [4.78, 5) is 23.0. The van der Waals surface area contributed by atoms with Gasteiger partial charge in [-0.15, -0.1) is 0 Å². The van der Waals surface area contributed by atoms with Crippen LogP contribution in [0.25, 0.3) is 0 Å². The van der Waals surface area contributed by atoms with Crippen molar-refractivity contribution in [2.24, 2.45) is 4.99 Å². The van der Waals surface area contributed by atoms with E-state index in [9.17, 15) is 13.6 Å². The summed E-state index contributed by atoms with van der Waals surface area (Å²) in [5, 5.41) is 1.93. The molecule has 0 radical (unpaired) electrons. The van der Waals surface area contributed by atoms with Crippen LogP contribution in [0, 0.1) is 0 Å². The summed E-state index contributed by atoms with van der Waals surface area (Å²) in [6.07, 6.45) is 2.03. The van der Waals surface area contributed by atoms with Crippen LogP contribution in [0.3, 0.4) is 0 Å². The van der Waals surface area contributed by atoms with Crippen LogP contribution in [0.15, 0.2) is 41.7 Å². The highest BCUT2D eigenvalue weighted by molar-refractivity contribution is 8.13. The predicted octanol–water partition coefficient (Wildman–Crippen LogP) is 3.71. The second-order valence-electron chi connectivity index (χ2n) is 4.65. The summed E-state index contributed by atoms with van der Waals surface area (Å²) < 4.78 is 28.8. The third kappa shape index (κ3) is 6.02. The fourth-order valence-corrected chi connectivity index (χ4v) is 2.38. The van der Waals surface area contributed by atoms with Crippen LogP contribution in [-0.4, -0.2) is 43.2 Å². The van der Waals surface area contributed by atoms with Gasteiger partial charge in [0.05, 0.1) is 12.8 Å². The minimum Gasteiger partial charge on any atom is -0.435 e. The van der Waals surface area contributed by atoms with Crippen LogP contribution in [0.2, 0.25) is 0 Å². The number of alkyl halides is 2. The Labute approximate surface area is 150 Å². The summed E-state index contributed by atoms with van der Waals surface area (Å²) in [5.74, 6) is -0.0555. The molecular formula is C16H21F2N3O3S. The molecule has 0 spiro atoms. The topological polar surface area (TPSA) is 54.4 Å². The highest BCUT2D eigenvalue weighted by Crippen LogP contribution is 2.25. The number of aliphatic imine (C=N–C) groups is 1. The molecule has 9 heteroatoms. The number of carbonyl (C=O) groups excluding carboxylic acids is 1. The first kappa shape index (κ1) is 20.9. The average molecular weight is 373 g/mol. The largest absolute Gasteiger partial charge is 0.435 e. The summed E-state index contributed by atoms with van der Waals surface area (Å²) in [7, 11) is 3.16. The molecule has 1 aromatic carbocycles. The molecule has 0 saturated carbocycles. The number of amides is 1. The number of nitrogens with zero attached hydrogens (tertiary/aromatic N) is 3. The minimum atomic E-state index is -2.91. The Balaban J connectivity index is 3.14. The van der Waals surface area contributed by atoms with E-state index in [2.05, 4.69) is 16.3 Å². The predicted molar refractivity (Wildman–Crippen MR) is 95.7 cm³/mol. The molecular weight excluding hydrogens is 352 g/mol. The molecule has 138 valence electrons. The van der Waals surface area contributed by atoms with Crippen molar-refractivity contribution in [3.63, 3.8) is 0 Å². The maximum Gasteiger partial charge on any atom is 0.387 e. The van der Waals surface area contributed by atoms with Gasteiger partial charge in [-0.2, -0.15) is 8.78 Å². The number of anilines is 1. The molecule has 6 nitrogen and oxygen atoms in total. The third-order valence-electron chi connectivity index (χ3n) is 3.08. The van der Waals surface area contributed by atoms with Crippen molar-refractivity contribution < 1.29 is 23.1 Å². The van der Waals surface area contributed by atoms with E-state index in [0.29, 0.717) is 10.9 Å². The molecule has 0 aliphatic rings. The monoisotopic (exact) mass is 373 g/mol. The standard InChI is InChI=1S/C16H21F2N3O3S/c1-6-14(22)21(11(2)19-16(25-5)20(3)23-4)12-7-9-13(10-8-12)24-15(17)18/h7-10,15H,2,6H2,1,3-5H3/b19-16+. The first-order valence-corrected chi connectivity index (χ1v) is 8.53. The molecule has 0 aliphatic carbocycles. The molecule has 0 heterocycles. The van der Waals surface area contributed by atoms with E-state index < -0.39 is 6.61 Å². The fraction of sp³-hybridized carbons (Fsp3) is 0.375. The summed E-state index contributed by atoms with van der Waals surface area (Å²) in [6.45, 7) is 2.64. The normalized spacial score (nSPS) is 11.4. The number of thioether (sulfide) groups is 1. The van der Waals surface area contributed by atoms with Crippen molar-refractivity contribution >= 4 is 28.5 Å². The third-order valence-corrected chi connectivity index (χ3v) is 3.79. The minimum absolute atomic E-state index is 0.000630. The van der Waals surface area contributed by atoms with Crippen molar-refractivity contribution in [2.45, 2.75) is 20.0 Å². The lowest BCUT2D eigenvalue weighted by molar-refractivity contribution is -0.117. The Morgan fingerprint density at radius 2 is 1.96 bits per heavy atom. The Kier molecular flexibility index (Phi) is 8.36. The molecule has 1 rings (SSSR count). The first-order valence-electron chi connectivity index (χ1n) is 7.31. The zero-order valence-electron chi connectivity index (χ0n) is 14.5. The average Bonchev–Trinajstić information content (AvgIpc) is 2.59. The Morgan fingerprint density at radius 3 is 2.40 bits per heavy atom. The Morgan fingerprint density at radius 1 is 1.36 bits per heavy atom. The van der Waals surface area contributed by atoms with E-state index in [1.54, 1.807) is 14.0 Å². The van der Waals surface area contributed by atoms with E-state index in [1.807, 2.05) is 6.26 Å².